The van der Waals surface area contributed by atoms with E-state index in [0.717, 1.165) is 16.8 Å². The lowest BCUT2D eigenvalue weighted by atomic mass is 9.96. The van der Waals surface area contributed by atoms with Crippen molar-refractivity contribution in [2.45, 2.75) is 33.2 Å². The molecule has 2 amide bonds. The second-order valence-electron chi connectivity index (χ2n) is 8.61. The van der Waals surface area contributed by atoms with Crippen molar-refractivity contribution in [3.63, 3.8) is 0 Å². The summed E-state index contributed by atoms with van der Waals surface area (Å²) in [6, 6.07) is 12.2. The van der Waals surface area contributed by atoms with Gasteiger partial charge in [0.15, 0.2) is 0 Å². The van der Waals surface area contributed by atoms with E-state index < -0.39 is 6.04 Å². The summed E-state index contributed by atoms with van der Waals surface area (Å²) in [5.74, 6) is -0.437. The highest BCUT2D eigenvalue weighted by Crippen LogP contribution is 2.34. The van der Waals surface area contributed by atoms with Crippen LogP contribution in [-0.2, 0) is 9.59 Å². The van der Waals surface area contributed by atoms with Gasteiger partial charge in [-0.05, 0) is 42.7 Å². The number of piperazine rings is 1. The maximum atomic E-state index is 14.7. The third kappa shape index (κ3) is 4.58. The number of nitrogens with zero attached hydrogens (tertiary/aromatic N) is 4. The molecule has 2 aliphatic rings. The molecule has 1 unspecified atom stereocenters. The fourth-order valence-electron chi connectivity index (χ4n) is 4.31. The predicted octanol–water partition coefficient (Wildman–Crippen LogP) is 3.28. The zero-order valence-electron chi connectivity index (χ0n) is 18.8. The average molecular weight is 437 g/mol. The van der Waals surface area contributed by atoms with Crippen LogP contribution in [0.1, 0.15) is 41.6 Å². The van der Waals surface area contributed by atoms with Crippen LogP contribution in [0.4, 0.5) is 4.39 Å². The second-order valence-corrected chi connectivity index (χ2v) is 8.61. The van der Waals surface area contributed by atoms with Crippen molar-refractivity contribution in [1.29, 1.82) is 0 Å². The van der Waals surface area contributed by atoms with E-state index in [2.05, 4.69) is 18.1 Å². The van der Waals surface area contributed by atoms with Gasteiger partial charge in [0.1, 0.15) is 5.82 Å². The van der Waals surface area contributed by atoms with Crippen LogP contribution in [-0.4, -0.2) is 65.1 Å². The molecule has 0 aromatic heterocycles. The maximum absolute atomic E-state index is 14.7. The molecule has 0 radical (unpaired) electrons. The van der Waals surface area contributed by atoms with Crippen molar-refractivity contribution >= 4 is 17.5 Å². The lowest BCUT2D eigenvalue weighted by molar-refractivity contribution is -0.135. The SMILES string of the molecule is CC(=O)N1CCN(CC(=O)N2N=C(c3ccc(C)c(C)c3)CC2c2ccccc2F)CC1. The molecule has 0 N–H and O–H groups in total. The predicted molar refractivity (Wildman–Crippen MR) is 122 cm³/mol. The van der Waals surface area contributed by atoms with Gasteiger partial charge in [0.05, 0.1) is 18.3 Å². The molecule has 0 bridgehead atoms. The highest BCUT2D eigenvalue weighted by Gasteiger charge is 2.35. The Morgan fingerprint density at radius 3 is 2.41 bits per heavy atom. The van der Waals surface area contributed by atoms with Gasteiger partial charge < -0.3 is 4.90 Å². The van der Waals surface area contributed by atoms with Crippen LogP contribution in [0.2, 0.25) is 0 Å². The highest BCUT2D eigenvalue weighted by atomic mass is 19.1. The van der Waals surface area contributed by atoms with E-state index >= 15 is 0 Å². The third-order valence-corrected chi connectivity index (χ3v) is 6.45. The number of amides is 2. The summed E-state index contributed by atoms with van der Waals surface area (Å²) >= 11 is 0. The van der Waals surface area contributed by atoms with Gasteiger partial charge in [0.25, 0.3) is 5.91 Å². The number of aryl methyl sites for hydroxylation is 2. The Labute approximate surface area is 188 Å². The molecule has 1 fully saturated rings. The minimum atomic E-state index is -0.473. The zero-order chi connectivity index (χ0) is 22.8. The Balaban J connectivity index is 1.57. The van der Waals surface area contributed by atoms with E-state index in [-0.39, 0.29) is 24.2 Å². The molecule has 2 heterocycles. The standard InChI is InChI=1S/C25H29FN4O2/c1-17-8-9-20(14-18(17)2)23-15-24(21-6-4-5-7-22(21)26)30(27-23)25(32)16-28-10-12-29(13-11-28)19(3)31/h4-9,14,24H,10-13,15-16H2,1-3H3. The fraction of sp³-hybridized carbons (Fsp3) is 0.400. The first-order chi connectivity index (χ1) is 15.3. The first kappa shape index (κ1) is 22.1. The van der Waals surface area contributed by atoms with E-state index in [1.54, 1.807) is 30.0 Å². The van der Waals surface area contributed by atoms with Gasteiger partial charge in [-0.3, -0.25) is 14.5 Å². The van der Waals surface area contributed by atoms with Crippen LogP contribution in [0, 0.1) is 19.7 Å². The topological polar surface area (TPSA) is 56.2 Å². The lowest BCUT2D eigenvalue weighted by Gasteiger charge is -2.34. The zero-order valence-corrected chi connectivity index (χ0v) is 18.8. The molecule has 2 aliphatic heterocycles. The molecular weight excluding hydrogens is 407 g/mol. The second kappa shape index (κ2) is 9.20. The Bertz CT molecular complexity index is 1060. The van der Waals surface area contributed by atoms with Gasteiger partial charge in [0.2, 0.25) is 5.91 Å². The Kier molecular flexibility index (Phi) is 6.37. The van der Waals surface area contributed by atoms with Crippen molar-refractivity contribution in [2.24, 2.45) is 5.10 Å². The quantitative estimate of drug-likeness (QED) is 0.739. The molecular formula is C25H29FN4O2. The number of carbonyl (C=O) groups is 2. The minimum Gasteiger partial charge on any atom is -0.340 e. The summed E-state index contributed by atoms with van der Waals surface area (Å²) in [7, 11) is 0. The van der Waals surface area contributed by atoms with Crippen molar-refractivity contribution in [3.8, 4) is 0 Å². The van der Waals surface area contributed by atoms with Crippen LogP contribution in [0.3, 0.4) is 0 Å². The van der Waals surface area contributed by atoms with Crippen LogP contribution in [0.5, 0.6) is 0 Å². The van der Waals surface area contributed by atoms with E-state index in [1.807, 2.05) is 24.0 Å². The summed E-state index contributed by atoms with van der Waals surface area (Å²) in [5.41, 5.74) is 4.57. The number of rotatable bonds is 4. The molecule has 7 heteroatoms. The van der Waals surface area contributed by atoms with Crippen molar-refractivity contribution in [1.82, 2.24) is 14.8 Å². The van der Waals surface area contributed by atoms with Gasteiger partial charge >= 0.3 is 0 Å². The molecule has 0 aliphatic carbocycles. The van der Waals surface area contributed by atoms with Gasteiger partial charge in [-0.25, -0.2) is 9.40 Å². The summed E-state index contributed by atoms with van der Waals surface area (Å²) in [6.07, 6.45) is 0.466. The van der Waals surface area contributed by atoms with E-state index in [9.17, 15) is 14.0 Å². The number of hydrazone groups is 1. The first-order valence-electron chi connectivity index (χ1n) is 11.0. The molecule has 0 spiro atoms. The molecule has 6 nitrogen and oxygen atoms in total. The highest BCUT2D eigenvalue weighted by molar-refractivity contribution is 6.03. The van der Waals surface area contributed by atoms with E-state index in [1.165, 1.54) is 16.6 Å². The van der Waals surface area contributed by atoms with Gasteiger partial charge in [-0.15, -0.1) is 0 Å². The van der Waals surface area contributed by atoms with Gasteiger partial charge in [-0.1, -0.05) is 30.3 Å². The van der Waals surface area contributed by atoms with Crippen molar-refractivity contribution in [3.05, 3.63) is 70.5 Å². The summed E-state index contributed by atoms with van der Waals surface area (Å²) in [6.45, 7) is 8.35. The van der Waals surface area contributed by atoms with Crippen molar-refractivity contribution < 1.29 is 14.0 Å². The van der Waals surface area contributed by atoms with Crippen LogP contribution in [0.15, 0.2) is 47.6 Å². The Hall–Kier alpha value is -3.06. The van der Waals surface area contributed by atoms with E-state index in [0.29, 0.717) is 38.2 Å². The molecule has 2 aromatic rings. The lowest BCUT2D eigenvalue weighted by Crippen LogP contribution is -2.50. The Morgan fingerprint density at radius 1 is 1.03 bits per heavy atom. The van der Waals surface area contributed by atoms with Crippen LogP contribution >= 0.6 is 0 Å². The number of hydrogen-bond donors (Lipinski definition) is 0. The average Bonchev–Trinajstić information content (AvgIpc) is 3.22. The monoisotopic (exact) mass is 436 g/mol. The molecule has 2 aromatic carbocycles. The van der Waals surface area contributed by atoms with Gasteiger partial charge in [0, 0.05) is 45.1 Å². The summed E-state index contributed by atoms with van der Waals surface area (Å²) in [4.78, 5) is 28.7. The molecule has 168 valence electrons. The largest absolute Gasteiger partial charge is 0.340 e. The number of benzene rings is 2. The smallest absolute Gasteiger partial charge is 0.257 e. The first-order valence-corrected chi connectivity index (χ1v) is 11.0. The Morgan fingerprint density at radius 2 is 1.75 bits per heavy atom. The maximum Gasteiger partial charge on any atom is 0.257 e. The molecule has 32 heavy (non-hydrogen) atoms. The fourth-order valence-corrected chi connectivity index (χ4v) is 4.31. The number of hydrogen-bond acceptors (Lipinski definition) is 4. The number of carbonyl (C=O) groups excluding carboxylic acids is 2. The van der Waals surface area contributed by atoms with Crippen LogP contribution in [0.25, 0.3) is 0 Å². The summed E-state index contributed by atoms with van der Waals surface area (Å²) < 4.78 is 14.7. The normalized spacial score (nSPS) is 19.2. The summed E-state index contributed by atoms with van der Waals surface area (Å²) in [5, 5.41) is 6.14. The number of halogens is 1. The molecule has 4 rings (SSSR count). The van der Waals surface area contributed by atoms with Crippen molar-refractivity contribution in [2.75, 3.05) is 32.7 Å². The molecule has 1 saturated heterocycles. The van der Waals surface area contributed by atoms with Crippen LogP contribution < -0.4 is 0 Å². The third-order valence-electron chi connectivity index (χ3n) is 6.45. The molecule has 0 saturated carbocycles. The minimum absolute atomic E-state index is 0.0535. The van der Waals surface area contributed by atoms with Gasteiger partial charge in [-0.2, -0.15) is 5.10 Å². The van der Waals surface area contributed by atoms with E-state index in [4.69, 9.17) is 0 Å². The molecule has 1 atom stereocenters.